The number of piperidine rings is 1. The van der Waals surface area contributed by atoms with E-state index in [2.05, 4.69) is 28.6 Å². The molecule has 154 valence electrons. The van der Waals surface area contributed by atoms with Crippen molar-refractivity contribution < 1.29 is 4.79 Å². The first-order valence-electron chi connectivity index (χ1n) is 11.2. The van der Waals surface area contributed by atoms with E-state index in [1.165, 1.54) is 19.3 Å². The van der Waals surface area contributed by atoms with Crippen molar-refractivity contribution in [3.8, 4) is 0 Å². The lowest BCUT2D eigenvalue weighted by atomic mass is 9.87. The molecule has 28 heavy (non-hydrogen) atoms. The Balaban J connectivity index is 1.42. The molecule has 0 aromatic carbocycles. The largest absolute Gasteiger partial charge is 0.342 e. The van der Waals surface area contributed by atoms with Crippen LogP contribution >= 0.6 is 0 Å². The van der Waals surface area contributed by atoms with Gasteiger partial charge in [0.05, 0.1) is 5.69 Å². The number of likely N-dealkylation sites (tertiary alicyclic amines) is 1. The van der Waals surface area contributed by atoms with Crippen molar-refractivity contribution in [3.63, 3.8) is 0 Å². The smallest absolute Gasteiger partial charge is 0.254 e. The maximum Gasteiger partial charge on any atom is 0.254 e. The lowest BCUT2D eigenvalue weighted by molar-refractivity contribution is -0.137. The number of amides is 1. The summed E-state index contributed by atoms with van der Waals surface area (Å²) < 4.78 is 0. The van der Waals surface area contributed by atoms with Crippen molar-refractivity contribution >= 4 is 5.91 Å². The van der Waals surface area contributed by atoms with E-state index in [1.807, 2.05) is 0 Å². The zero-order valence-corrected chi connectivity index (χ0v) is 17.4. The fourth-order valence-electron chi connectivity index (χ4n) is 5.09. The van der Waals surface area contributed by atoms with Gasteiger partial charge in [0.15, 0.2) is 0 Å². The topological polar surface area (TPSA) is 69.3 Å². The Bertz CT molecular complexity index is 758. The first kappa shape index (κ1) is 19.6. The average Bonchev–Trinajstić information content (AvgIpc) is 2.73. The Kier molecular flexibility index (Phi) is 5.85. The summed E-state index contributed by atoms with van der Waals surface area (Å²) in [5, 5.41) is 0. The second-order valence-electron chi connectivity index (χ2n) is 9.13. The van der Waals surface area contributed by atoms with Crippen LogP contribution in [0.1, 0.15) is 81.8 Å². The second-order valence-corrected chi connectivity index (χ2v) is 9.13. The molecule has 0 spiro atoms. The van der Waals surface area contributed by atoms with Crippen LogP contribution in [-0.4, -0.2) is 51.4 Å². The minimum absolute atomic E-state index is 0.0455. The molecule has 0 radical (unpaired) electrons. The molecule has 1 aliphatic carbocycles. The highest BCUT2D eigenvalue weighted by molar-refractivity contribution is 5.79. The fourth-order valence-corrected chi connectivity index (χ4v) is 5.09. The minimum atomic E-state index is 0.0455. The SMILES string of the molecule is CC(C)N1CCc2c(nc(C3CCN(C(=O)C4CCCCC4)CC3)[nH]c2=O)C1. The van der Waals surface area contributed by atoms with E-state index in [0.717, 1.165) is 75.4 Å². The standard InChI is InChI=1S/C22H34N4O2/c1-15(2)26-13-10-18-19(14-26)23-20(24-21(18)27)16-8-11-25(12-9-16)22(28)17-6-4-3-5-7-17/h15-17H,3-14H2,1-2H3,(H,23,24,27). The average molecular weight is 387 g/mol. The van der Waals surface area contributed by atoms with Crippen molar-refractivity contribution in [2.45, 2.75) is 83.7 Å². The predicted octanol–water partition coefficient (Wildman–Crippen LogP) is 2.82. The number of hydrogen-bond donors (Lipinski definition) is 1. The Morgan fingerprint density at radius 1 is 1.07 bits per heavy atom. The van der Waals surface area contributed by atoms with Crippen molar-refractivity contribution in [1.82, 2.24) is 19.8 Å². The molecule has 0 unspecified atom stereocenters. The first-order chi connectivity index (χ1) is 13.5. The molecule has 2 fully saturated rings. The van der Waals surface area contributed by atoms with E-state index >= 15 is 0 Å². The predicted molar refractivity (Wildman–Crippen MR) is 109 cm³/mol. The lowest BCUT2D eigenvalue weighted by Crippen LogP contribution is -2.43. The number of aromatic nitrogens is 2. The minimum Gasteiger partial charge on any atom is -0.342 e. The van der Waals surface area contributed by atoms with Crippen LogP contribution in [0.5, 0.6) is 0 Å². The van der Waals surface area contributed by atoms with E-state index in [0.29, 0.717) is 11.9 Å². The van der Waals surface area contributed by atoms with E-state index in [9.17, 15) is 9.59 Å². The molecule has 4 rings (SSSR count). The molecule has 3 heterocycles. The van der Waals surface area contributed by atoms with Gasteiger partial charge in [-0.2, -0.15) is 0 Å². The maximum atomic E-state index is 12.8. The molecule has 6 nitrogen and oxygen atoms in total. The van der Waals surface area contributed by atoms with Gasteiger partial charge < -0.3 is 9.88 Å². The summed E-state index contributed by atoms with van der Waals surface area (Å²) in [6, 6.07) is 0.465. The Hall–Kier alpha value is -1.69. The van der Waals surface area contributed by atoms with Gasteiger partial charge in [0.25, 0.3) is 5.56 Å². The molecule has 1 saturated heterocycles. The summed E-state index contributed by atoms with van der Waals surface area (Å²) in [4.78, 5) is 37.8. The number of carbonyl (C=O) groups is 1. The first-order valence-corrected chi connectivity index (χ1v) is 11.2. The number of hydrogen-bond acceptors (Lipinski definition) is 4. The highest BCUT2D eigenvalue weighted by Gasteiger charge is 2.31. The molecule has 1 saturated carbocycles. The van der Waals surface area contributed by atoms with Gasteiger partial charge in [-0.3, -0.25) is 14.5 Å². The number of nitrogens with zero attached hydrogens (tertiary/aromatic N) is 3. The molecule has 0 atom stereocenters. The van der Waals surface area contributed by atoms with Crippen molar-refractivity contribution in [1.29, 1.82) is 0 Å². The molecular formula is C22H34N4O2. The highest BCUT2D eigenvalue weighted by atomic mass is 16.2. The van der Waals surface area contributed by atoms with E-state index < -0.39 is 0 Å². The Labute approximate surface area is 167 Å². The molecule has 6 heteroatoms. The molecule has 2 aliphatic heterocycles. The van der Waals surface area contributed by atoms with Crippen molar-refractivity contribution in [3.05, 3.63) is 27.4 Å². The second kappa shape index (κ2) is 8.36. The van der Waals surface area contributed by atoms with E-state index in [-0.39, 0.29) is 17.4 Å². The zero-order valence-electron chi connectivity index (χ0n) is 17.4. The number of fused-ring (bicyclic) bond motifs is 1. The van der Waals surface area contributed by atoms with E-state index in [4.69, 9.17) is 4.98 Å². The zero-order chi connectivity index (χ0) is 19.7. The summed E-state index contributed by atoms with van der Waals surface area (Å²) in [7, 11) is 0. The van der Waals surface area contributed by atoms with Gasteiger partial charge in [-0.1, -0.05) is 19.3 Å². The van der Waals surface area contributed by atoms with Crippen LogP contribution in [0, 0.1) is 5.92 Å². The van der Waals surface area contributed by atoms with Crippen LogP contribution in [-0.2, 0) is 17.8 Å². The lowest BCUT2D eigenvalue weighted by Gasteiger charge is -2.35. The van der Waals surface area contributed by atoms with Crippen LogP contribution in [0.15, 0.2) is 4.79 Å². The van der Waals surface area contributed by atoms with Crippen molar-refractivity contribution in [2.75, 3.05) is 19.6 Å². The molecule has 1 aromatic rings. The summed E-state index contributed by atoms with van der Waals surface area (Å²) in [5.41, 5.74) is 1.87. The molecular weight excluding hydrogens is 352 g/mol. The van der Waals surface area contributed by atoms with Gasteiger partial charge in [-0.15, -0.1) is 0 Å². The third-order valence-corrected chi connectivity index (χ3v) is 7.00. The fraction of sp³-hybridized carbons (Fsp3) is 0.773. The van der Waals surface area contributed by atoms with Gasteiger partial charge in [0.1, 0.15) is 5.82 Å². The number of carbonyl (C=O) groups excluding carboxylic acids is 1. The van der Waals surface area contributed by atoms with Crippen LogP contribution in [0.3, 0.4) is 0 Å². The highest BCUT2D eigenvalue weighted by Crippen LogP contribution is 2.30. The molecule has 1 aromatic heterocycles. The molecule has 1 N–H and O–H groups in total. The van der Waals surface area contributed by atoms with Gasteiger partial charge in [0.2, 0.25) is 5.91 Å². The monoisotopic (exact) mass is 386 g/mol. The van der Waals surface area contributed by atoms with Crippen LogP contribution in [0.25, 0.3) is 0 Å². The quantitative estimate of drug-likeness (QED) is 0.867. The van der Waals surface area contributed by atoms with Gasteiger partial charge >= 0.3 is 0 Å². The maximum absolute atomic E-state index is 12.8. The summed E-state index contributed by atoms with van der Waals surface area (Å²) in [5.74, 6) is 1.69. The Morgan fingerprint density at radius 3 is 2.46 bits per heavy atom. The molecule has 0 bridgehead atoms. The van der Waals surface area contributed by atoms with Crippen molar-refractivity contribution in [2.24, 2.45) is 5.92 Å². The molecule has 1 amide bonds. The van der Waals surface area contributed by atoms with Crippen LogP contribution in [0.2, 0.25) is 0 Å². The third kappa shape index (κ3) is 4.02. The van der Waals surface area contributed by atoms with Gasteiger partial charge in [-0.25, -0.2) is 4.98 Å². The van der Waals surface area contributed by atoms with E-state index in [1.54, 1.807) is 0 Å². The number of aromatic amines is 1. The molecule has 3 aliphatic rings. The Morgan fingerprint density at radius 2 is 1.79 bits per heavy atom. The van der Waals surface area contributed by atoms with Crippen LogP contribution < -0.4 is 5.56 Å². The number of nitrogens with one attached hydrogen (secondary N) is 1. The summed E-state index contributed by atoms with van der Waals surface area (Å²) >= 11 is 0. The summed E-state index contributed by atoms with van der Waals surface area (Å²) in [6.07, 6.45) is 8.36. The third-order valence-electron chi connectivity index (χ3n) is 7.00. The van der Waals surface area contributed by atoms with Crippen LogP contribution in [0.4, 0.5) is 0 Å². The number of H-pyrrole nitrogens is 1. The van der Waals surface area contributed by atoms with Gasteiger partial charge in [0, 0.05) is 49.6 Å². The number of rotatable bonds is 3. The normalized spacial score (nSPS) is 22.5. The summed E-state index contributed by atoms with van der Waals surface area (Å²) in [6.45, 7) is 7.66. The van der Waals surface area contributed by atoms with Gasteiger partial charge in [-0.05, 0) is 46.0 Å².